The summed E-state index contributed by atoms with van der Waals surface area (Å²) in [6, 6.07) is 0. The molecule has 0 saturated carbocycles. The summed E-state index contributed by atoms with van der Waals surface area (Å²) in [7, 11) is -0.352. The Morgan fingerprint density at radius 1 is 1.20 bits per heavy atom. The smallest absolute Gasteiger partial charge is 0.281 e. The molecule has 118 valence electrons. The van der Waals surface area contributed by atoms with E-state index in [0.717, 1.165) is 0 Å². The highest BCUT2D eigenvalue weighted by molar-refractivity contribution is 7.86. The van der Waals surface area contributed by atoms with Gasteiger partial charge in [-0.3, -0.25) is 4.79 Å². The van der Waals surface area contributed by atoms with Crippen molar-refractivity contribution < 1.29 is 13.2 Å². The zero-order chi connectivity index (χ0) is 15.6. The fourth-order valence-corrected chi connectivity index (χ4v) is 3.35. The number of hydrogen-bond donors (Lipinski definition) is 1. The summed E-state index contributed by atoms with van der Waals surface area (Å²) in [5, 5.41) is 3.15. The zero-order valence-electron chi connectivity index (χ0n) is 13.0. The van der Waals surface area contributed by atoms with Crippen LogP contribution < -0.4 is 5.32 Å². The van der Waals surface area contributed by atoms with Gasteiger partial charge in [0.2, 0.25) is 5.91 Å². The van der Waals surface area contributed by atoms with Crippen molar-refractivity contribution in [3.8, 4) is 0 Å². The standard InChI is InChI=1S/C12H26N4O3S/c1-6-13-12(2,3)11(17)15-7-9-16(10-8-15)20(18,19)14(4)5/h13H,6-10H2,1-5H3. The largest absolute Gasteiger partial charge is 0.338 e. The van der Waals surface area contributed by atoms with Crippen LogP contribution in [0.1, 0.15) is 20.8 Å². The lowest BCUT2D eigenvalue weighted by Gasteiger charge is -2.38. The fraction of sp³-hybridized carbons (Fsp3) is 0.917. The second-order valence-corrected chi connectivity index (χ2v) is 7.78. The average Bonchev–Trinajstić information content (AvgIpc) is 2.37. The number of piperazine rings is 1. The van der Waals surface area contributed by atoms with Gasteiger partial charge in [-0.05, 0) is 20.4 Å². The summed E-state index contributed by atoms with van der Waals surface area (Å²) in [6.07, 6.45) is 0. The summed E-state index contributed by atoms with van der Waals surface area (Å²) in [5.74, 6) is 0.0150. The van der Waals surface area contributed by atoms with Crippen LogP contribution in [0.3, 0.4) is 0 Å². The van der Waals surface area contributed by atoms with E-state index >= 15 is 0 Å². The van der Waals surface area contributed by atoms with Gasteiger partial charge in [-0.2, -0.15) is 17.0 Å². The number of carbonyl (C=O) groups is 1. The van der Waals surface area contributed by atoms with Gasteiger partial charge in [0.25, 0.3) is 10.2 Å². The maximum absolute atomic E-state index is 12.4. The third-order valence-electron chi connectivity index (χ3n) is 3.47. The van der Waals surface area contributed by atoms with Crippen molar-refractivity contribution in [2.75, 3.05) is 46.8 Å². The molecule has 0 aromatic heterocycles. The summed E-state index contributed by atoms with van der Waals surface area (Å²) in [5.41, 5.74) is -0.614. The lowest BCUT2D eigenvalue weighted by Crippen LogP contribution is -2.59. The van der Waals surface area contributed by atoms with Crippen LogP contribution in [0.15, 0.2) is 0 Å². The van der Waals surface area contributed by atoms with Gasteiger partial charge in [0, 0.05) is 40.3 Å². The molecular formula is C12H26N4O3S. The molecule has 0 atom stereocenters. The highest BCUT2D eigenvalue weighted by Gasteiger charge is 2.35. The second-order valence-electron chi connectivity index (χ2n) is 5.64. The minimum atomic E-state index is -3.38. The van der Waals surface area contributed by atoms with Crippen molar-refractivity contribution in [3.05, 3.63) is 0 Å². The van der Waals surface area contributed by atoms with Gasteiger partial charge in [0.05, 0.1) is 5.54 Å². The van der Waals surface area contributed by atoms with Crippen molar-refractivity contribution in [1.82, 2.24) is 18.8 Å². The first kappa shape index (κ1) is 17.4. The minimum Gasteiger partial charge on any atom is -0.338 e. The molecule has 0 aromatic carbocycles. The molecule has 1 aliphatic heterocycles. The van der Waals surface area contributed by atoms with Gasteiger partial charge in [-0.25, -0.2) is 0 Å². The van der Waals surface area contributed by atoms with E-state index < -0.39 is 15.7 Å². The van der Waals surface area contributed by atoms with Crippen LogP contribution in [0, 0.1) is 0 Å². The molecule has 8 heteroatoms. The molecule has 1 rings (SSSR count). The maximum atomic E-state index is 12.4. The Morgan fingerprint density at radius 3 is 2.10 bits per heavy atom. The van der Waals surface area contributed by atoms with Gasteiger partial charge in [0.1, 0.15) is 0 Å². The Labute approximate surface area is 122 Å². The molecule has 0 bridgehead atoms. The predicted molar refractivity (Wildman–Crippen MR) is 78.5 cm³/mol. The van der Waals surface area contributed by atoms with E-state index in [1.165, 1.54) is 22.7 Å². The van der Waals surface area contributed by atoms with Crippen molar-refractivity contribution in [2.24, 2.45) is 0 Å². The Kier molecular flexibility index (Phi) is 5.54. The molecule has 0 unspecified atom stereocenters. The monoisotopic (exact) mass is 306 g/mol. The highest BCUT2D eigenvalue weighted by atomic mass is 32.2. The second kappa shape index (κ2) is 6.38. The first-order valence-corrected chi connectivity index (χ1v) is 8.24. The minimum absolute atomic E-state index is 0.0150. The molecule has 1 saturated heterocycles. The Balaban J connectivity index is 2.65. The van der Waals surface area contributed by atoms with E-state index in [-0.39, 0.29) is 5.91 Å². The Morgan fingerprint density at radius 2 is 1.70 bits per heavy atom. The van der Waals surface area contributed by atoms with Crippen LogP contribution in [-0.2, 0) is 15.0 Å². The van der Waals surface area contributed by atoms with E-state index in [2.05, 4.69) is 5.32 Å². The summed E-state index contributed by atoms with van der Waals surface area (Å²) < 4.78 is 26.6. The van der Waals surface area contributed by atoms with Crippen LogP contribution in [0.4, 0.5) is 0 Å². The van der Waals surface area contributed by atoms with E-state index in [0.29, 0.717) is 32.7 Å². The Bertz CT molecular complexity index is 440. The summed E-state index contributed by atoms with van der Waals surface area (Å²) in [4.78, 5) is 14.1. The molecule has 0 radical (unpaired) electrons. The summed E-state index contributed by atoms with van der Waals surface area (Å²) in [6.45, 7) is 7.91. The number of nitrogens with zero attached hydrogens (tertiary/aromatic N) is 3. The van der Waals surface area contributed by atoms with Gasteiger partial charge >= 0.3 is 0 Å². The normalized spacial score (nSPS) is 18.6. The zero-order valence-corrected chi connectivity index (χ0v) is 13.8. The number of rotatable bonds is 5. The van der Waals surface area contributed by atoms with Crippen LogP contribution >= 0.6 is 0 Å². The molecule has 0 aromatic rings. The molecule has 0 spiro atoms. The van der Waals surface area contributed by atoms with Gasteiger partial charge in [-0.15, -0.1) is 0 Å². The van der Waals surface area contributed by atoms with Gasteiger partial charge < -0.3 is 10.2 Å². The van der Waals surface area contributed by atoms with E-state index in [4.69, 9.17) is 0 Å². The van der Waals surface area contributed by atoms with E-state index in [9.17, 15) is 13.2 Å². The molecule has 7 nitrogen and oxygen atoms in total. The van der Waals surface area contributed by atoms with Crippen LogP contribution in [0.5, 0.6) is 0 Å². The number of hydrogen-bond acceptors (Lipinski definition) is 4. The van der Waals surface area contributed by atoms with E-state index in [1.807, 2.05) is 20.8 Å². The van der Waals surface area contributed by atoms with Crippen molar-refractivity contribution >= 4 is 16.1 Å². The van der Waals surface area contributed by atoms with Crippen LogP contribution in [-0.4, -0.2) is 80.2 Å². The number of carbonyl (C=O) groups excluding carboxylic acids is 1. The van der Waals surface area contributed by atoms with Gasteiger partial charge in [-0.1, -0.05) is 6.92 Å². The van der Waals surface area contributed by atoms with Crippen LogP contribution in [0.25, 0.3) is 0 Å². The van der Waals surface area contributed by atoms with Gasteiger partial charge in [0.15, 0.2) is 0 Å². The first-order chi connectivity index (χ1) is 9.13. The SMILES string of the molecule is CCNC(C)(C)C(=O)N1CCN(S(=O)(=O)N(C)C)CC1. The number of amides is 1. The van der Waals surface area contributed by atoms with Crippen molar-refractivity contribution in [3.63, 3.8) is 0 Å². The highest BCUT2D eigenvalue weighted by Crippen LogP contribution is 2.14. The van der Waals surface area contributed by atoms with E-state index in [1.54, 1.807) is 4.90 Å². The Hall–Kier alpha value is -0.700. The van der Waals surface area contributed by atoms with Crippen molar-refractivity contribution in [2.45, 2.75) is 26.3 Å². The summed E-state index contributed by atoms with van der Waals surface area (Å²) >= 11 is 0. The molecular weight excluding hydrogens is 280 g/mol. The predicted octanol–water partition coefficient (Wildman–Crippen LogP) is -0.675. The fourth-order valence-electron chi connectivity index (χ4n) is 2.27. The molecule has 1 N–H and O–H groups in total. The quantitative estimate of drug-likeness (QED) is 0.731. The maximum Gasteiger partial charge on any atom is 0.281 e. The third kappa shape index (κ3) is 3.69. The molecule has 1 amide bonds. The average molecular weight is 306 g/mol. The molecule has 1 fully saturated rings. The van der Waals surface area contributed by atoms with Crippen molar-refractivity contribution in [1.29, 1.82) is 0 Å². The first-order valence-electron chi connectivity index (χ1n) is 6.85. The van der Waals surface area contributed by atoms with Crippen LogP contribution in [0.2, 0.25) is 0 Å². The lowest BCUT2D eigenvalue weighted by atomic mass is 10.0. The molecule has 20 heavy (non-hydrogen) atoms. The number of nitrogens with one attached hydrogen (secondary N) is 1. The lowest BCUT2D eigenvalue weighted by molar-refractivity contribution is -0.138. The topological polar surface area (TPSA) is 73.0 Å². The molecule has 1 heterocycles. The molecule has 1 aliphatic rings. The number of likely N-dealkylation sites (N-methyl/N-ethyl adjacent to an activating group) is 1. The third-order valence-corrected chi connectivity index (χ3v) is 5.41. The molecule has 0 aliphatic carbocycles.